The summed E-state index contributed by atoms with van der Waals surface area (Å²) >= 11 is 0. The number of benzene rings is 3. The van der Waals surface area contributed by atoms with Crippen molar-refractivity contribution in [3.63, 3.8) is 0 Å². The Balaban J connectivity index is 1.56. The van der Waals surface area contributed by atoms with Crippen molar-refractivity contribution in [3.8, 4) is 17.2 Å². The monoisotopic (exact) mass is 517 g/mol. The molecule has 0 atom stereocenters. The first-order valence-corrected chi connectivity index (χ1v) is 12.3. The van der Waals surface area contributed by atoms with Gasteiger partial charge in [-0.3, -0.25) is 9.59 Å². The Morgan fingerprint density at radius 2 is 1.68 bits per heavy atom. The van der Waals surface area contributed by atoms with Gasteiger partial charge in [0.25, 0.3) is 11.8 Å². The number of aryl methyl sites for hydroxylation is 1. The molecule has 0 aliphatic rings. The van der Waals surface area contributed by atoms with Crippen LogP contribution in [0.3, 0.4) is 0 Å². The predicted octanol–water partition coefficient (Wildman–Crippen LogP) is 4.28. The first-order valence-electron chi connectivity index (χ1n) is 12.3. The summed E-state index contributed by atoms with van der Waals surface area (Å²) in [5.74, 6) is -0.0751. The molecular formula is C29H31N3O6. The first kappa shape index (κ1) is 27.9. The smallest absolute Gasteiger partial charge is 0.343 e. The average Bonchev–Trinajstić information content (AvgIpc) is 2.92. The minimum Gasteiger partial charge on any atom is -0.494 e. The number of ether oxygens (including phenoxy) is 3. The van der Waals surface area contributed by atoms with Crippen LogP contribution in [0.15, 0.2) is 71.8 Å². The van der Waals surface area contributed by atoms with E-state index in [9.17, 15) is 14.4 Å². The molecule has 3 aromatic rings. The molecule has 0 radical (unpaired) electrons. The lowest BCUT2D eigenvalue weighted by Gasteiger charge is -2.12. The number of hydrogen-bond acceptors (Lipinski definition) is 7. The van der Waals surface area contributed by atoms with Gasteiger partial charge in [0.1, 0.15) is 5.75 Å². The fourth-order valence-corrected chi connectivity index (χ4v) is 3.29. The highest BCUT2D eigenvalue weighted by Gasteiger charge is 2.14. The van der Waals surface area contributed by atoms with E-state index in [0.29, 0.717) is 41.4 Å². The molecule has 0 bridgehead atoms. The zero-order chi connectivity index (χ0) is 27.3. The van der Waals surface area contributed by atoms with Crippen molar-refractivity contribution < 1.29 is 28.6 Å². The molecule has 38 heavy (non-hydrogen) atoms. The van der Waals surface area contributed by atoms with Crippen molar-refractivity contribution in [1.82, 2.24) is 10.7 Å². The van der Waals surface area contributed by atoms with Crippen molar-refractivity contribution >= 4 is 24.0 Å². The number of nitrogens with one attached hydrogen (secondary N) is 2. The molecule has 9 heteroatoms. The van der Waals surface area contributed by atoms with E-state index in [-0.39, 0.29) is 18.2 Å². The Kier molecular flexibility index (Phi) is 10.4. The zero-order valence-electron chi connectivity index (χ0n) is 21.7. The van der Waals surface area contributed by atoms with Crippen LogP contribution >= 0.6 is 0 Å². The van der Waals surface area contributed by atoms with Crippen molar-refractivity contribution in [3.05, 3.63) is 89.0 Å². The second-order valence-corrected chi connectivity index (χ2v) is 8.25. The summed E-state index contributed by atoms with van der Waals surface area (Å²) in [5, 5.41) is 6.48. The van der Waals surface area contributed by atoms with Gasteiger partial charge in [-0.05, 0) is 80.4 Å². The maximum atomic E-state index is 12.6. The van der Waals surface area contributed by atoms with Crippen LogP contribution in [0.5, 0.6) is 17.2 Å². The molecule has 0 aromatic heterocycles. The Morgan fingerprint density at radius 3 is 2.39 bits per heavy atom. The second-order valence-electron chi connectivity index (χ2n) is 8.25. The quantitative estimate of drug-likeness (QED) is 0.160. The Morgan fingerprint density at radius 1 is 0.895 bits per heavy atom. The lowest BCUT2D eigenvalue weighted by Crippen LogP contribution is -2.34. The van der Waals surface area contributed by atoms with Crippen LogP contribution in [0.25, 0.3) is 0 Å². The Labute approximate surface area is 221 Å². The van der Waals surface area contributed by atoms with Crippen LogP contribution < -0.4 is 25.0 Å². The maximum absolute atomic E-state index is 12.6. The highest BCUT2D eigenvalue weighted by atomic mass is 16.6. The number of esters is 1. The van der Waals surface area contributed by atoms with Gasteiger partial charge in [-0.1, -0.05) is 24.6 Å². The standard InChI is InChI=1S/C29H31N3O6/c1-4-15-37-24-12-10-22(11-13-24)29(35)38-25-14-9-21(17-26(25)36-5-2)18-31-32-27(33)19-30-28(34)23-8-6-7-20(3)16-23/h6-14,16-18H,4-5,15,19H2,1-3H3,(H,30,34)(H,32,33). The summed E-state index contributed by atoms with van der Waals surface area (Å²) in [6.45, 7) is 6.44. The van der Waals surface area contributed by atoms with Crippen LogP contribution in [0.2, 0.25) is 0 Å². The minimum atomic E-state index is -0.533. The second kappa shape index (κ2) is 14.2. The predicted molar refractivity (Wildman–Crippen MR) is 144 cm³/mol. The fourth-order valence-electron chi connectivity index (χ4n) is 3.29. The highest BCUT2D eigenvalue weighted by molar-refractivity contribution is 5.96. The number of nitrogens with zero attached hydrogens (tertiary/aromatic N) is 1. The Bertz CT molecular complexity index is 1290. The molecule has 3 rings (SSSR count). The molecule has 2 N–H and O–H groups in total. The molecule has 0 unspecified atom stereocenters. The Hall–Kier alpha value is -4.66. The molecule has 3 aromatic carbocycles. The number of carbonyl (C=O) groups excluding carboxylic acids is 3. The molecular weight excluding hydrogens is 486 g/mol. The molecule has 0 aliphatic carbocycles. The molecule has 2 amide bonds. The number of rotatable bonds is 12. The summed E-state index contributed by atoms with van der Waals surface area (Å²) in [4.78, 5) is 36.8. The van der Waals surface area contributed by atoms with Gasteiger partial charge in [0, 0.05) is 5.56 Å². The summed E-state index contributed by atoms with van der Waals surface area (Å²) in [6, 6.07) is 18.7. The van der Waals surface area contributed by atoms with Crippen LogP contribution in [-0.4, -0.2) is 43.8 Å². The van der Waals surface area contributed by atoms with E-state index in [1.54, 1.807) is 60.7 Å². The molecule has 0 spiro atoms. The molecule has 0 saturated carbocycles. The molecule has 0 heterocycles. The normalized spacial score (nSPS) is 10.6. The van der Waals surface area contributed by atoms with Gasteiger partial charge in [-0.2, -0.15) is 5.10 Å². The van der Waals surface area contributed by atoms with Crippen molar-refractivity contribution in [2.45, 2.75) is 27.2 Å². The fraction of sp³-hybridized carbons (Fsp3) is 0.241. The van der Waals surface area contributed by atoms with E-state index in [2.05, 4.69) is 15.8 Å². The van der Waals surface area contributed by atoms with E-state index in [1.807, 2.05) is 26.8 Å². The van der Waals surface area contributed by atoms with Crippen molar-refractivity contribution in [2.75, 3.05) is 19.8 Å². The van der Waals surface area contributed by atoms with Gasteiger partial charge >= 0.3 is 5.97 Å². The molecule has 0 saturated heterocycles. The van der Waals surface area contributed by atoms with Crippen LogP contribution in [-0.2, 0) is 4.79 Å². The van der Waals surface area contributed by atoms with Crippen LogP contribution in [0, 0.1) is 6.92 Å². The third-order valence-electron chi connectivity index (χ3n) is 5.13. The van der Waals surface area contributed by atoms with E-state index < -0.39 is 11.9 Å². The summed E-state index contributed by atoms with van der Waals surface area (Å²) in [6.07, 6.45) is 2.31. The average molecular weight is 518 g/mol. The lowest BCUT2D eigenvalue weighted by molar-refractivity contribution is -0.120. The van der Waals surface area contributed by atoms with E-state index >= 15 is 0 Å². The molecule has 0 fully saturated rings. The molecule has 0 aliphatic heterocycles. The lowest BCUT2D eigenvalue weighted by atomic mass is 10.1. The topological polar surface area (TPSA) is 115 Å². The minimum absolute atomic E-state index is 0.227. The number of hydrogen-bond donors (Lipinski definition) is 2. The van der Waals surface area contributed by atoms with Gasteiger partial charge in [-0.25, -0.2) is 10.2 Å². The maximum Gasteiger partial charge on any atom is 0.343 e. The summed E-state index contributed by atoms with van der Waals surface area (Å²) in [5.41, 5.74) is 4.77. The summed E-state index contributed by atoms with van der Waals surface area (Å²) in [7, 11) is 0. The first-order chi connectivity index (χ1) is 18.4. The van der Waals surface area contributed by atoms with Gasteiger partial charge in [-0.15, -0.1) is 0 Å². The van der Waals surface area contributed by atoms with Crippen molar-refractivity contribution in [2.24, 2.45) is 5.10 Å². The van der Waals surface area contributed by atoms with Gasteiger partial charge in [0.2, 0.25) is 0 Å². The van der Waals surface area contributed by atoms with Crippen molar-refractivity contribution in [1.29, 1.82) is 0 Å². The molecule has 9 nitrogen and oxygen atoms in total. The number of amides is 2. The van der Waals surface area contributed by atoms with E-state index in [4.69, 9.17) is 14.2 Å². The van der Waals surface area contributed by atoms with Gasteiger partial charge in [0.05, 0.1) is 31.5 Å². The third kappa shape index (κ3) is 8.48. The van der Waals surface area contributed by atoms with Crippen LogP contribution in [0.4, 0.5) is 0 Å². The number of hydrazone groups is 1. The van der Waals surface area contributed by atoms with Gasteiger partial charge in [0.15, 0.2) is 11.5 Å². The highest BCUT2D eigenvalue weighted by Crippen LogP contribution is 2.29. The number of carbonyl (C=O) groups is 3. The summed E-state index contributed by atoms with van der Waals surface area (Å²) < 4.78 is 16.7. The van der Waals surface area contributed by atoms with E-state index in [0.717, 1.165) is 12.0 Å². The largest absolute Gasteiger partial charge is 0.494 e. The van der Waals surface area contributed by atoms with E-state index in [1.165, 1.54) is 6.21 Å². The zero-order valence-corrected chi connectivity index (χ0v) is 21.7. The van der Waals surface area contributed by atoms with Gasteiger partial charge < -0.3 is 19.5 Å². The van der Waals surface area contributed by atoms with Crippen LogP contribution in [0.1, 0.15) is 52.1 Å². The third-order valence-corrected chi connectivity index (χ3v) is 5.13. The molecule has 198 valence electrons. The SMILES string of the molecule is CCCOc1ccc(C(=O)Oc2ccc(C=NNC(=O)CNC(=O)c3cccc(C)c3)cc2OCC)cc1.